The van der Waals surface area contributed by atoms with Gasteiger partial charge in [-0.15, -0.1) is 0 Å². The van der Waals surface area contributed by atoms with Crippen molar-refractivity contribution in [2.45, 2.75) is 31.6 Å². The van der Waals surface area contributed by atoms with Gasteiger partial charge in [0.2, 0.25) is 0 Å². The number of nitrogens with zero attached hydrogens (tertiary/aromatic N) is 2. The van der Waals surface area contributed by atoms with Gasteiger partial charge in [0.05, 0.1) is 5.69 Å². The van der Waals surface area contributed by atoms with Gasteiger partial charge in [-0.25, -0.2) is 0 Å². The monoisotopic (exact) mass is 898 g/mol. The summed E-state index contributed by atoms with van der Waals surface area (Å²) in [4.78, 5) is 4.69. The summed E-state index contributed by atoms with van der Waals surface area (Å²) in [6.45, 7) is 4.69. The Morgan fingerprint density at radius 1 is 0.429 bits per heavy atom. The molecule has 0 radical (unpaired) electrons. The fraction of sp³-hybridized carbons (Fsp3) is 0.0746. The fourth-order valence-corrected chi connectivity index (χ4v) is 11.3. The Balaban J connectivity index is 0.827. The Labute approximate surface area is 410 Å². The van der Waals surface area contributed by atoms with Gasteiger partial charge < -0.3 is 14.5 Å². The van der Waals surface area contributed by atoms with Crippen molar-refractivity contribution < 1.29 is 4.74 Å². The lowest BCUT2D eigenvalue weighted by Crippen LogP contribution is -2.15. The van der Waals surface area contributed by atoms with Crippen LogP contribution in [0.2, 0.25) is 0 Å². The topological polar surface area (TPSA) is 15.7 Å². The van der Waals surface area contributed by atoms with E-state index in [2.05, 4.69) is 272 Å². The molecule has 0 spiro atoms. The molecule has 10 aromatic carbocycles. The lowest BCUT2D eigenvalue weighted by atomic mass is 9.82. The molecule has 0 fully saturated rings. The maximum atomic E-state index is 6.98. The molecule has 13 rings (SSSR count). The molecule has 1 heterocycles. The highest BCUT2D eigenvalue weighted by Crippen LogP contribution is 2.54. The predicted octanol–water partition coefficient (Wildman–Crippen LogP) is 18.8. The van der Waals surface area contributed by atoms with Gasteiger partial charge in [0, 0.05) is 50.7 Å². The highest BCUT2D eigenvalue weighted by Gasteiger charge is 2.36. The van der Waals surface area contributed by atoms with E-state index in [0.717, 1.165) is 63.0 Å². The normalized spacial score (nSPS) is 14.6. The molecule has 10 aromatic rings. The third-order valence-electron chi connectivity index (χ3n) is 14.8. The van der Waals surface area contributed by atoms with Crippen LogP contribution in [0.4, 0.5) is 34.1 Å². The summed E-state index contributed by atoms with van der Waals surface area (Å²) in [6.07, 6.45) is 9.90. The van der Waals surface area contributed by atoms with Gasteiger partial charge in [-0.05, 0) is 140 Å². The van der Waals surface area contributed by atoms with Gasteiger partial charge in [-0.3, -0.25) is 0 Å². The van der Waals surface area contributed by atoms with Gasteiger partial charge in [-0.1, -0.05) is 190 Å². The summed E-state index contributed by atoms with van der Waals surface area (Å²) >= 11 is 0. The van der Waals surface area contributed by atoms with Crippen molar-refractivity contribution in [2.24, 2.45) is 0 Å². The van der Waals surface area contributed by atoms with Crippen molar-refractivity contribution in [2.75, 3.05) is 9.80 Å². The molecule has 0 amide bonds. The minimum atomic E-state index is -0.0519. The van der Waals surface area contributed by atoms with Gasteiger partial charge in [0.15, 0.2) is 5.75 Å². The predicted molar refractivity (Wildman–Crippen MR) is 293 cm³/mol. The second-order valence-corrected chi connectivity index (χ2v) is 19.2. The molecule has 334 valence electrons. The quantitative estimate of drug-likeness (QED) is 0.144. The second-order valence-electron chi connectivity index (χ2n) is 19.2. The number of para-hydroxylation sites is 3. The van der Waals surface area contributed by atoms with Crippen LogP contribution in [-0.4, -0.2) is 0 Å². The molecule has 0 saturated carbocycles. The summed E-state index contributed by atoms with van der Waals surface area (Å²) in [5, 5.41) is 2.30. The summed E-state index contributed by atoms with van der Waals surface area (Å²) in [5.41, 5.74) is 20.2. The summed E-state index contributed by atoms with van der Waals surface area (Å²) in [7, 11) is 0. The van der Waals surface area contributed by atoms with Gasteiger partial charge >= 0.3 is 0 Å². The number of ether oxygens (including phenoxy) is 1. The van der Waals surface area contributed by atoms with Crippen LogP contribution in [0.25, 0.3) is 55.3 Å². The molecule has 1 atom stereocenters. The van der Waals surface area contributed by atoms with Crippen molar-refractivity contribution in [1.29, 1.82) is 0 Å². The number of anilines is 6. The zero-order valence-electron chi connectivity index (χ0n) is 39.3. The van der Waals surface area contributed by atoms with Crippen LogP contribution in [0.5, 0.6) is 11.5 Å². The van der Waals surface area contributed by atoms with Crippen molar-refractivity contribution in [1.82, 2.24) is 0 Å². The maximum Gasteiger partial charge on any atom is 0.159 e. The Morgan fingerprint density at radius 3 is 1.73 bits per heavy atom. The van der Waals surface area contributed by atoms with E-state index in [1.54, 1.807) is 0 Å². The van der Waals surface area contributed by atoms with Crippen LogP contribution in [0.1, 0.15) is 42.9 Å². The van der Waals surface area contributed by atoms with E-state index in [-0.39, 0.29) is 5.41 Å². The molecule has 3 aliphatic rings. The first-order chi connectivity index (χ1) is 34.5. The minimum Gasteiger partial charge on any atom is -0.454 e. The molecule has 1 aliphatic heterocycles. The van der Waals surface area contributed by atoms with E-state index in [9.17, 15) is 0 Å². The molecule has 1 unspecified atom stereocenters. The van der Waals surface area contributed by atoms with Crippen LogP contribution >= 0.6 is 0 Å². The number of hydrogen-bond donors (Lipinski definition) is 0. The number of benzene rings is 10. The standard InChI is InChI=1S/C67H50N2O/c1-67(2)61-26-13-12-22-56(61)60-44-54(40-42-62(60)67)68(52-36-32-47(33-37-52)45-16-6-3-7-17-45)53-38-34-48(35-39-53)46-28-30-49(31-29-46)55-41-43-64-65-57(55)23-14-24-58(65)59-25-15-27-63(66(59)70-64)69(50-18-8-4-9-19-50)51-20-10-5-11-21-51/h3-16,18-45H,17H2,1-2H3. The van der Waals surface area contributed by atoms with Crippen molar-refractivity contribution in [3.8, 4) is 56.0 Å². The molecule has 3 heteroatoms. The van der Waals surface area contributed by atoms with E-state index in [0.29, 0.717) is 5.92 Å². The molecule has 0 bridgehead atoms. The van der Waals surface area contributed by atoms with Crippen LogP contribution in [0, 0.1) is 0 Å². The van der Waals surface area contributed by atoms with Crippen LogP contribution in [-0.2, 0) is 5.41 Å². The lowest BCUT2D eigenvalue weighted by Gasteiger charge is -2.30. The molecule has 2 aliphatic carbocycles. The largest absolute Gasteiger partial charge is 0.454 e. The van der Waals surface area contributed by atoms with E-state index in [4.69, 9.17) is 4.74 Å². The Morgan fingerprint density at radius 2 is 1.01 bits per heavy atom. The van der Waals surface area contributed by atoms with Crippen molar-refractivity contribution in [3.63, 3.8) is 0 Å². The Hall–Kier alpha value is -8.66. The first-order valence-electron chi connectivity index (χ1n) is 24.4. The van der Waals surface area contributed by atoms with Crippen LogP contribution in [0.3, 0.4) is 0 Å². The average molecular weight is 899 g/mol. The first-order valence-corrected chi connectivity index (χ1v) is 24.4. The van der Waals surface area contributed by atoms with Gasteiger partial charge in [0.25, 0.3) is 0 Å². The van der Waals surface area contributed by atoms with Crippen LogP contribution in [0.15, 0.2) is 249 Å². The smallest absolute Gasteiger partial charge is 0.159 e. The summed E-state index contributed by atoms with van der Waals surface area (Å²) in [6, 6.07) is 81.7. The maximum absolute atomic E-state index is 6.98. The number of rotatable bonds is 9. The molecular weight excluding hydrogens is 849 g/mol. The van der Waals surface area contributed by atoms with Gasteiger partial charge in [-0.2, -0.15) is 0 Å². The van der Waals surface area contributed by atoms with Crippen LogP contribution < -0.4 is 14.5 Å². The van der Waals surface area contributed by atoms with Gasteiger partial charge in [0.1, 0.15) is 5.75 Å². The van der Waals surface area contributed by atoms with E-state index in [1.807, 2.05) is 0 Å². The zero-order chi connectivity index (χ0) is 46.8. The van der Waals surface area contributed by atoms with E-state index >= 15 is 0 Å². The summed E-state index contributed by atoms with van der Waals surface area (Å²) in [5.74, 6) is 2.12. The minimum absolute atomic E-state index is 0.0519. The molecule has 70 heavy (non-hydrogen) atoms. The Kier molecular flexibility index (Phi) is 9.99. The molecular formula is C67H50N2O. The second kappa shape index (κ2) is 16.8. The van der Waals surface area contributed by atoms with Crippen molar-refractivity contribution >= 4 is 44.9 Å². The number of allylic oxidation sites excluding steroid dienone is 4. The zero-order valence-corrected chi connectivity index (χ0v) is 39.3. The average Bonchev–Trinajstić information content (AvgIpc) is 3.65. The SMILES string of the molecule is CC1(C)c2ccccc2-c2cc(N(c3ccc(-c4ccc(-c5ccc6c7c(cccc57)-c5cccc(N(c7ccccc7)c7ccccc7)c5O6)cc4)cc3)c3ccc(C4C=CC=CC4)cc3)ccc21. The highest BCUT2D eigenvalue weighted by molar-refractivity contribution is 6.11. The summed E-state index contributed by atoms with van der Waals surface area (Å²) < 4.78 is 6.98. The first kappa shape index (κ1) is 41.5. The lowest BCUT2D eigenvalue weighted by molar-refractivity contribution is 0.488. The number of hydrogen-bond acceptors (Lipinski definition) is 3. The Bertz CT molecular complexity index is 3620. The number of fused-ring (bicyclic) bond motifs is 5. The van der Waals surface area contributed by atoms with Crippen molar-refractivity contribution in [3.05, 3.63) is 265 Å². The third-order valence-corrected chi connectivity index (χ3v) is 14.8. The fourth-order valence-electron chi connectivity index (χ4n) is 11.3. The highest BCUT2D eigenvalue weighted by atomic mass is 16.5. The third kappa shape index (κ3) is 6.96. The molecule has 0 saturated heterocycles. The molecule has 0 aromatic heterocycles. The van der Waals surface area contributed by atoms with E-state index < -0.39 is 0 Å². The molecule has 0 N–H and O–H groups in total. The molecule has 3 nitrogen and oxygen atoms in total. The van der Waals surface area contributed by atoms with E-state index in [1.165, 1.54) is 61.0 Å².